The van der Waals surface area contributed by atoms with Gasteiger partial charge in [-0.05, 0) is 60.7 Å². The zero-order valence-electron chi connectivity index (χ0n) is 24.9. The molecule has 0 saturated carbocycles. The zero-order chi connectivity index (χ0) is 30.6. The van der Waals surface area contributed by atoms with Gasteiger partial charge in [0.1, 0.15) is 11.6 Å². The highest BCUT2D eigenvalue weighted by atomic mass is 16.6. The average molecular weight is 595 g/mol. The quantitative estimate of drug-likeness (QED) is 0.294. The van der Waals surface area contributed by atoms with Crippen LogP contribution in [0.15, 0.2) is 73.2 Å². The molecule has 5 N–H and O–H groups in total. The van der Waals surface area contributed by atoms with E-state index in [4.69, 9.17) is 16.2 Å². The number of likely N-dealkylation sites (tertiary alicyclic amines) is 2. The summed E-state index contributed by atoms with van der Waals surface area (Å²) in [5.41, 5.74) is 17.3. The van der Waals surface area contributed by atoms with Crippen LogP contribution in [0.25, 0.3) is 22.3 Å². The lowest BCUT2D eigenvalue weighted by Gasteiger charge is -2.30. The van der Waals surface area contributed by atoms with Crippen LogP contribution < -0.4 is 21.5 Å². The van der Waals surface area contributed by atoms with Gasteiger partial charge in [-0.2, -0.15) is 5.10 Å². The number of hydrogen-bond donors (Lipinski definition) is 3. The van der Waals surface area contributed by atoms with Crippen molar-refractivity contribution in [2.45, 2.75) is 37.9 Å². The lowest BCUT2D eigenvalue weighted by atomic mass is 10.0. The Labute approximate surface area is 256 Å². The van der Waals surface area contributed by atoms with E-state index < -0.39 is 6.09 Å². The minimum absolute atomic E-state index is 0.144. The second-order valence-electron chi connectivity index (χ2n) is 11.7. The number of nitrogen functional groups attached to an aromatic ring is 1. The van der Waals surface area contributed by atoms with Crippen molar-refractivity contribution in [1.82, 2.24) is 29.9 Å². The van der Waals surface area contributed by atoms with Gasteiger partial charge in [0.05, 0.1) is 11.8 Å². The first-order chi connectivity index (χ1) is 21.3. The molecule has 2 aliphatic heterocycles. The molecule has 4 heterocycles. The zero-order valence-corrected chi connectivity index (χ0v) is 24.9. The maximum atomic E-state index is 13.1. The summed E-state index contributed by atoms with van der Waals surface area (Å²) in [5.74, 6) is 0.280. The molecule has 0 unspecified atom stereocenters. The van der Waals surface area contributed by atoms with Crippen LogP contribution in [0.1, 0.15) is 35.2 Å². The third-order valence-electron chi connectivity index (χ3n) is 8.26. The lowest BCUT2D eigenvalue weighted by molar-refractivity contribution is 0.0937. The Morgan fingerprint density at radius 1 is 0.977 bits per heavy atom. The summed E-state index contributed by atoms with van der Waals surface area (Å²) in [6, 6.07) is 17.8. The monoisotopic (exact) mass is 594 g/mol. The van der Waals surface area contributed by atoms with E-state index >= 15 is 0 Å². The first-order valence-electron chi connectivity index (χ1n) is 15.0. The van der Waals surface area contributed by atoms with E-state index in [0.717, 1.165) is 54.7 Å². The molecule has 11 nitrogen and oxygen atoms in total. The first-order valence-corrected chi connectivity index (χ1v) is 15.0. The molecule has 4 aromatic rings. The first kappa shape index (κ1) is 29.3. The van der Waals surface area contributed by atoms with Gasteiger partial charge in [-0.3, -0.25) is 14.4 Å². The fourth-order valence-corrected chi connectivity index (χ4v) is 5.89. The third kappa shape index (κ3) is 6.90. The van der Waals surface area contributed by atoms with E-state index in [9.17, 15) is 9.59 Å². The van der Waals surface area contributed by atoms with Crippen molar-refractivity contribution in [1.29, 1.82) is 0 Å². The van der Waals surface area contributed by atoms with E-state index in [1.165, 1.54) is 5.56 Å². The molecule has 2 fully saturated rings. The number of benzene rings is 2. The number of rotatable bonds is 7. The summed E-state index contributed by atoms with van der Waals surface area (Å²) in [6.07, 6.45) is 7.56. The van der Waals surface area contributed by atoms with E-state index in [1.54, 1.807) is 34.1 Å². The fraction of sp³-hybridized carbons (Fsp3) is 0.333. The predicted molar refractivity (Wildman–Crippen MR) is 169 cm³/mol. The number of carbonyl (C=O) groups excluding carboxylic acids is 2. The number of aromatic nitrogens is 3. The maximum Gasteiger partial charge on any atom is 0.415 e. The molecule has 228 valence electrons. The van der Waals surface area contributed by atoms with Crippen molar-refractivity contribution in [3.05, 3.63) is 84.3 Å². The summed E-state index contributed by atoms with van der Waals surface area (Å²) in [4.78, 5) is 34.3. The Hall–Kier alpha value is -4.74. The van der Waals surface area contributed by atoms with Gasteiger partial charge in [0.25, 0.3) is 5.91 Å². The second kappa shape index (κ2) is 12.9. The number of amides is 2. The molecular weight excluding hydrogens is 556 g/mol. The van der Waals surface area contributed by atoms with Crippen LogP contribution >= 0.6 is 0 Å². The van der Waals surface area contributed by atoms with E-state index in [2.05, 4.69) is 44.6 Å². The van der Waals surface area contributed by atoms with Gasteiger partial charge < -0.3 is 26.4 Å². The summed E-state index contributed by atoms with van der Waals surface area (Å²) >= 11 is 0. The van der Waals surface area contributed by atoms with Crippen LogP contribution in [0.3, 0.4) is 0 Å². The number of nitrogens with two attached hydrogens (primary N) is 2. The number of hydrogen-bond acceptors (Lipinski definition) is 8. The third-order valence-corrected chi connectivity index (χ3v) is 8.26. The van der Waals surface area contributed by atoms with Crippen molar-refractivity contribution in [3.8, 4) is 28.0 Å². The van der Waals surface area contributed by atoms with Crippen molar-refractivity contribution in [3.63, 3.8) is 0 Å². The highest BCUT2D eigenvalue weighted by molar-refractivity contribution is 5.99. The number of ether oxygens (including phenoxy) is 1. The van der Waals surface area contributed by atoms with Gasteiger partial charge in [0.2, 0.25) is 0 Å². The molecule has 0 spiro atoms. The van der Waals surface area contributed by atoms with Crippen LogP contribution in [0.4, 0.5) is 10.6 Å². The Morgan fingerprint density at radius 3 is 2.59 bits per heavy atom. The van der Waals surface area contributed by atoms with Gasteiger partial charge in [-0.15, -0.1) is 0 Å². The number of piperidine rings is 1. The molecule has 6 rings (SSSR count). The molecule has 2 aliphatic rings. The molecule has 2 aromatic heterocycles. The van der Waals surface area contributed by atoms with Crippen LogP contribution in [0.2, 0.25) is 0 Å². The highest BCUT2D eigenvalue weighted by Crippen LogP contribution is 2.26. The van der Waals surface area contributed by atoms with E-state index in [0.29, 0.717) is 25.3 Å². The normalized spacial score (nSPS) is 18.7. The number of nitrogens with one attached hydrogen (secondary N) is 1. The number of anilines is 1. The largest absolute Gasteiger partial charge is 0.415 e. The topological polar surface area (TPSA) is 145 Å². The van der Waals surface area contributed by atoms with Crippen molar-refractivity contribution < 1.29 is 14.3 Å². The minimum Gasteiger partial charge on any atom is -0.410 e. The Bertz CT molecular complexity index is 1640. The van der Waals surface area contributed by atoms with Crippen molar-refractivity contribution in [2.24, 2.45) is 12.8 Å². The fourth-order valence-electron chi connectivity index (χ4n) is 5.89. The molecule has 0 bridgehead atoms. The number of aryl methyl sites for hydroxylation is 1. The van der Waals surface area contributed by atoms with Crippen LogP contribution in [-0.2, 0) is 13.6 Å². The summed E-state index contributed by atoms with van der Waals surface area (Å²) in [5, 5.41) is 7.17. The Morgan fingerprint density at radius 2 is 1.82 bits per heavy atom. The molecule has 2 amide bonds. The minimum atomic E-state index is -0.450. The second-order valence-corrected chi connectivity index (χ2v) is 11.7. The van der Waals surface area contributed by atoms with Crippen LogP contribution in [0.5, 0.6) is 5.75 Å². The standard InChI is InChI=1S/C33H38N8O3/c1-39-19-26(17-37-39)25-15-30(31(35)36-16-25)32(42)38-28-11-13-41(21-28)33(43)44-29-6-2-4-24(14-29)23-9-7-22(8-10-23)18-40-12-3-5-27(34)20-40/h2,4,6-10,14-17,19,27-28H,3,5,11-13,18,20-21,34H2,1H3,(H2,35,36)(H,38,42)/t27-,28+/m0/s1. The lowest BCUT2D eigenvalue weighted by Crippen LogP contribution is -2.42. The highest BCUT2D eigenvalue weighted by Gasteiger charge is 2.29. The summed E-state index contributed by atoms with van der Waals surface area (Å²) in [6.45, 7) is 3.72. The summed E-state index contributed by atoms with van der Waals surface area (Å²) < 4.78 is 7.42. The smallest absolute Gasteiger partial charge is 0.410 e. The van der Waals surface area contributed by atoms with E-state index in [1.807, 2.05) is 31.4 Å². The average Bonchev–Trinajstić information content (AvgIpc) is 3.67. The summed E-state index contributed by atoms with van der Waals surface area (Å²) in [7, 11) is 1.82. The van der Waals surface area contributed by atoms with Crippen LogP contribution in [0, 0.1) is 0 Å². The van der Waals surface area contributed by atoms with E-state index in [-0.39, 0.29) is 29.4 Å². The predicted octanol–water partition coefficient (Wildman–Crippen LogP) is 3.66. The van der Waals surface area contributed by atoms with Gasteiger partial charge in [0, 0.05) is 68.8 Å². The molecule has 44 heavy (non-hydrogen) atoms. The van der Waals surface area contributed by atoms with Gasteiger partial charge >= 0.3 is 6.09 Å². The SMILES string of the molecule is Cn1cc(-c2cnc(N)c(C(=O)N[C@@H]3CCN(C(=O)Oc4cccc(-c5ccc(CN6CCC[C@H](N)C6)cc5)c4)C3)c2)cn1. The number of nitrogens with zero attached hydrogens (tertiary/aromatic N) is 5. The van der Waals surface area contributed by atoms with Crippen molar-refractivity contribution in [2.75, 3.05) is 31.9 Å². The molecular formula is C33H38N8O3. The Balaban J connectivity index is 1.03. The molecule has 0 aliphatic carbocycles. The van der Waals surface area contributed by atoms with Gasteiger partial charge in [-0.25, -0.2) is 9.78 Å². The molecule has 11 heteroatoms. The molecule has 0 radical (unpaired) electrons. The van der Waals surface area contributed by atoms with Gasteiger partial charge in [0.15, 0.2) is 0 Å². The molecule has 2 aromatic carbocycles. The van der Waals surface area contributed by atoms with Crippen molar-refractivity contribution >= 4 is 17.8 Å². The molecule has 2 atom stereocenters. The molecule has 2 saturated heterocycles. The number of pyridine rings is 1. The maximum absolute atomic E-state index is 13.1. The Kier molecular flexibility index (Phi) is 8.58. The van der Waals surface area contributed by atoms with Crippen LogP contribution in [-0.4, -0.2) is 74.8 Å². The van der Waals surface area contributed by atoms with Gasteiger partial charge in [-0.1, -0.05) is 36.4 Å². The number of carbonyl (C=O) groups is 2.